The number of benzene rings is 2. The first kappa shape index (κ1) is 23.7. The van der Waals surface area contributed by atoms with Gasteiger partial charge >= 0.3 is 0 Å². The molecule has 4 aromatic rings. The van der Waals surface area contributed by atoms with Crippen LogP contribution in [0.3, 0.4) is 0 Å². The monoisotopic (exact) mass is 517 g/mol. The Balaban J connectivity index is 1.87. The van der Waals surface area contributed by atoms with Crippen molar-refractivity contribution in [3.05, 3.63) is 93.1 Å². The second-order valence-electron chi connectivity index (χ2n) is 7.19. The standard InChI is InChI=1S/C23H15Cl3FN5O2/c1-31(23(34)20-17(26)3-2-4-18(20)27)22-19(32-11-14(24)10-30-32)8-13(9-29-22)15-7-12(21(28)33)5-6-16(15)25/h2-11H,1H3,(H2,28,33). The summed E-state index contributed by atoms with van der Waals surface area (Å²) >= 11 is 18.5. The second-order valence-corrected chi connectivity index (χ2v) is 8.44. The summed E-state index contributed by atoms with van der Waals surface area (Å²) in [6.07, 6.45) is 4.39. The average Bonchev–Trinajstić information content (AvgIpc) is 3.24. The molecular formula is C23H15Cl3FN5O2. The number of primary amides is 1. The van der Waals surface area contributed by atoms with Crippen molar-refractivity contribution in [2.45, 2.75) is 0 Å². The number of hydrogen-bond acceptors (Lipinski definition) is 4. The molecule has 2 aromatic carbocycles. The molecule has 0 radical (unpaired) electrons. The molecular weight excluding hydrogens is 504 g/mol. The van der Waals surface area contributed by atoms with Crippen LogP contribution in [0.5, 0.6) is 0 Å². The molecule has 7 nitrogen and oxygen atoms in total. The van der Waals surface area contributed by atoms with Crippen molar-refractivity contribution in [3.63, 3.8) is 0 Å². The van der Waals surface area contributed by atoms with Gasteiger partial charge in [-0.3, -0.25) is 14.5 Å². The number of carbonyl (C=O) groups excluding carboxylic acids is 2. The van der Waals surface area contributed by atoms with Gasteiger partial charge in [0, 0.05) is 41.2 Å². The molecule has 0 aliphatic carbocycles. The Labute approximate surface area is 208 Å². The summed E-state index contributed by atoms with van der Waals surface area (Å²) in [5.74, 6) is -1.94. The number of halogens is 4. The van der Waals surface area contributed by atoms with Gasteiger partial charge < -0.3 is 5.73 Å². The van der Waals surface area contributed by atoms with Crippen LogP contribution in [0.15, 0.2) is 61.1 Å². The van der Waals surface area contributed by atoms with Crippen molar-refractivity contribution >= 4 is 52.4 Å². The smallest absolute Gasteiger partial charge is 0.263 e. The Morgan fingerprint density at radius 1 is 1.06 bits per heavy atom. The molecule has 11 heteroatoms. The van der Waals surface area contributed by atoms with Gasteiger partial charge in [0.2, 0.25) is 5.91 Å². The lowest BCUT2D eigenvalue weighted by Gasteiger charge is -2.21. The molecule has 4 rings (SSSR count). The van der Waals surface area contributed by atoms with Crippen molar-refractivity contribution in [3.8, 4) is 16.8 Å². The fourth-order valence-corrected chi connectivity index (χ4v) is 3.93. The number of pyridine rings is 1. The summed E-state index contributed by atoms with van der Waals surface area (Å²) in [6, 6.07) is 10.2. The fourth-order valence-electron chi connectivity index (χ4n) is 3.32. The minimum atomic E-state index is -0.764. The molecule has 2 aromatic heterocycles. The molecule has 0 saturated carbocycles. The van der Waals surface area contributed by atoms with Crippen molar-refractivity contribution < 1.29 is 14.0 Å². The van der Waals surface area contributed by atoms with Gasteiger partial charge in [0.05, 0.1) is 21.8 Å². The second kappa shape index (κ2) is 9.42. The van der Waals surface area contributed by atoms with E-state index in [9.17, 15) is 14.0 Å². The van der Waals surface area contributed by atoms with E-state index in [0.29, 0.717) is 26.9 Å². The zero-order valence-electron chi connectivity index (χ0n) is 17.5. The summed E-state index contributed by atoms with van der Waals surface area (Å²) < 4.78 is 15.8. The normalized spacial score (nSPS) is 10.9. The number of aromatic nitrogens is 3. The van der Waals surface area contributed by atoms with Crippen LogP contribution in [0.2, 0.25) is 15.1 Å². The molecule has 172 valence electrons. The Morgan fingerprint density at radius 2 is 1.82 bits per heavy atom. The van der Waals surface area contributed by atoms with E-state index in [0.717, 1.165) is 11.0 Å². The number of hydrogen-bond donors (Lipinski definition) is 1. The predicted octanol–water partition coefficient (Wildman–Crippen LogP) is 5.41. The highest BCUT2D eigenvalue weighted by Gasteiger charge is 2.25. The number of nitrogens with two attached hydrogens (primary N) is 1. The number of rotatable bonds is 5. The molecule has 2 N–H and O–H groups in total. The number of amides is 2. The summed E-state index contributed by atoms with van der Waals surface area (Å²) in [5, 5.41) is 4.86. The maximum atomic E-state index is 14.4. The summed E-state index contributed by atoms with van der Waals surface area (Å²) in [5.41, 5.74) is 6.71. The van der Waals surface area contributed by atoms with Gasteiger partial charge in [-0.2, -0.15) is 5.10 Å². The summed E-state index contributed by atoms with van der Waals surface area (Å²) in [7, 11) is 1.43. The Morgan fingerprint density at radius 3 is 2.47 bits per heavy atom. The highest BCUT2D eigenvalue weighted by Crippen LogP contribution is 2.33. The predicted molar refractivity (Wildman–Crippen MR) is 129 cm³/mol. The van der Waals surface area contributed by atoms with Crippen LogP contribution in [0.1, 0.15) is 20.7 Å². The van der Waals surface area contributed by atoms with Gasteiger partial charge in [0.15, 0.2) is 5.82 Å². The first-order valence-corrected chi connectivity index (χ1v) is 10.8. The zero-order chi connectivity index (χ0) is 24.6. The topological polar surface area (TPSA) is 94.1 Å². The van der Waals surface area contributed by atoms with Crippen LogP contribution in [0.25, 0.3) is 16.8 Å². The minimum Gasteiger partial charge on any atom is -0.366 e. The first-order chi connectivity index (χ1) is 16.2. The van der Waals surface area contributed by atoms with E-state index in [-0.39, 0.29) is 22.0 Å². The molecule has 0 spiro atoms. The van der Waals surface area contributed by atoms with Gasteiger partial charge in [-0.05, 0) is 36.4 Å². The molecule has 0 unspecified atom stereocenters. The lowest BCUT2D eigenvalue weighted by Crippen LogP contribution is -2.29. The highest BCUT2D eigenvalue weighted by atomic mass is 35.5. The maximum Gasteiger partial charge on any atom is 0.263 e. The molecule has 0 bridgehead atoms. The first-order valence-electron chi connectivity index (χ1n) is 9.69. The van der Waals surface area contributed by atoms with E-state index in [1.54, 1.807) is 12.1 Å². The van der Waals surface area contributed by atoms with E-state index in [2.05, 4.69) is 10.1 Å². The van der Waals surface area contributed by atoms with Gasteiger partial charge in [-0.25, -0.2) is 14.1 Å². The van der Waals surface area contributed by atoms with E-state index in [1.165, 1.54) is 54.6 Å². The number of nitrogens with zero attached hydrogens (tertiary/aromatic N) is 4. The van der Waals surface area contributed by atoms with E-state index < -0.39 is 17.6 Å². The SMILES string of the molecule is CN(C(=O)c1c(F)cccc1Cl)c1ncc(-c2cc(C(N)=O)ccc2Cl)cc1-n1cc(Cl)cn1. The van der Waals surface area contributed by atoms with Crippen molar-refractivity contribution in [2.75, 3.05) is 11.9 Å². The quantitative estimate of drug-likeness (QED) is 0.382. The van der Waals surface area contributed by atoms with Crippen LogP contribution < -0.4 is 10.6 Å². The molecule has 34 heavy (non-hydrogen) atoms. The van der Waals surface area contributed by atoms with Crippen LogP contribution in [-0.4, -0.2) is 33.6 Å². The Bertz CT molecular complexity index is 1420. The van der Waals surface area contributed by atoms with Crippen molar-refractivity contribution in [1.29, 1.82) is 0 Å². The molecule has 0 aliphatic heterocycles. The Kier molecular flexibility index (Phi) is 6.56. The highest BCUT2D eigenvalue weighted by molar-refractivity contribution is 6.34. The van der Waals surface area contributed by atoms with Crippen molar-refractivity contribution in [1.82, 2.24) is 14.8 Å². The van der Waals surface area contributed by atoms with E-state index >= 15 is 0 Å². The molecule has 2 heterocycles. The minimum absolute atomic E-state index is 0.0350. The Hall–Kier alpha value is -3.46. The third-order valence-electron chi connectivity index (χ3n) is 5.01. The largest absolute Gasteiger partial charge is 0.366 e. The van der Waals surface area contributed by atoms with Crippen LogP contribution in [0.4, 0.5) is 10.2 Å². The molecule has 0 atom stereocenters. The van der Waals surface area contributed by atoms with Crippen LogP contribution >= 0.6 is 34.8 Å². The molecule has 0 fully saturated rings. The molecule has 0 saturated heterocycles. The van der Waals surface area contributed by atoms with Gasteiger partial charge in [0.1, 0.15) is 11.5 Å². The zero-order valence-corrected chi connectivity index (χ0v) is 19.7. The molecule has 0 aliphatic rings. The number of carbonyl (C=O) groups is 2. The van der Waals surface area contributed by atoms with Crippen LogP contribution in [0, 0.1) is 5.82 Å². The lowest BCUT2D eigenvalue weighted by molar-refractivity contribution is 0.0984. The van der Waals surface area contributed by atoms with Gasteiger partial charge in [0.25, 0.3) is 5.91 Å². The molecule has 2 amide bonds. The third kappa shape index (κ3) is 4.48. The summed E-state index contributed by atoms with van der Waals surface area (Å²) in [4.78, 5) is 30.4. The van der Waals surface area contributed by atoms with E-state index in [1.807, 2.05) is 0 Å². The van der Waals surface area contributed by atoms with Crippen LogP contribution in [-0.2, 0) is 0 Å². The lowest BCUT2D eigenvalue weighted by atomic mass is 10.0. The average molecular weight is 519 g/mol. The van der Waals surface area contributed by atoms with E-state index in [4.69, 9.17) is 40.5 Å². The van der Waals surface area contributed by atoms with Crippen molar-refractivity contribution in [2.24, 2.45) is 5.73 Å². The van der Waals surface area contributed by atoms with Gasteiger partial charge in [-0.15, -0.1) is 0 Å². The fraction of sp³-hybridized carbons (Fsp3) is 0.0435. The number of anilines is 1. The van der Waals surface area contributed by atoms with Gasteiger partial charge in [-0.1, -0.05) is 40.9 Å². The third-order valence-corrected chi connectivity index (χ3v) is 5.85. The summed E-state index contributed by atoms with van der Waals surface area (Å²) in [6.45, 7) is 0. The maximum absolute atomic E-state index is 14.4.